The van der Waals surface area contributed by atoms with Crippen LogP contribution in [0.25, 0.3) is 11.1 Å². The first-order valence-corrected chi connectivity index (χ1v) is 8.66. The zero-order valence-electron chi connectivity index (χ0n) is 14.0. The number of nitrogens with one attached hydrogen (secondary N) is 1. The molecule has 1 amide bonds. The predicted octanol–water partition coefficient (Wildman–Crippen LogP) is 4.20. The van der Waals surface area contributed by atoms with Crippen molar-refractivity contribution in [3.63, 3.8) is 0 Å². The molecule has 4 rings (SSSR count). The maximum Gasteiger partial charge on any atom is 0.417 e. The average molecular weight is 361 g/mol. The maximum absolute atomic E-state index is 13.4. The van der Waals surface area contributed by atoms with E-state index < -0.39 is 11.7 Å². The molecule has 2 aromatic carbocycles. The second-order valence-electron chi connectivity index (χ2n) is 6.80. The van der Waals surface area contributed by atoms with Gasteiger partial charge >= 0.3 is 6.18 Å². The van der Waals surface area contributed by atoms with Crippen LogP contribution in [0.2, 0.25) is 0 Å². The van der Waals surface area contributed by atoms with Gasteiger partial charge in [-0.3, -0.25) is 4.79 Å². The molecule has 1 heterocycles. The number of rotatable bonds is 4. The van der Waals surface area contributed by atoms with Crippen molar-refractivity contribution in [1.82, 2.24) is 5.32 Å². The molecule has 0 spiro atoms. The molecular formula is C20H18F3NO2. The van der Waals surface area contributed by atoms with Crippen molar-refractivity contribution in [3.05, 3.63) is 53.6 Å². The Bertz CT molecular complexity index is 843. The summed E-state index contributed by atoms with van der Waals surface area (Å²) in [5, 5.41) is 2.87. The lowest BCUT2D eigenvalue weighted by Gasteiger charge is -2.16. The van der Waals surface area contributed by atoms with Crippen molar-refractivity contribution in [3.8, 4) is 16.9 Å². The summed E-state index contributed by atoms with van der Waals surface area (Å²) in [6.07, 6.45) is -2.27. The van der Waals surface area contributed by atoms with Crippen molar-refractivity contribution in [1.29, 1.82) is 0 Å². The van der Waals surface area contributed by atoms with Crippen molar-refractivity contribution in [2.24, 2.45) is 5.92 Å². The van der Waals surface area contributed by atoms with Crippen LogP contribution in [0, 0.1) is 5.92 Å². The number of para-hydroxylation sites is 1. The van der Waals surface area contributed by atoms with Crippen LogP contribution in [-0.4, -0.2) is 18.6 Å². The summed E-state index contributed by atoms with van der Waals surface area (Å²) in [4.78, 5) is 11.8. The lowest BCUT2D eigenvalue weighted by Crippen LogP contribution is -2.35. The second-order valence-corrected chi connectivity index (χ2v) is 6.80. The monoisotopic (exact) mass is 361 g/mol. The van der Waals surface area contributed by atoms with Crippen LogP contribution in [0.5, 0.6) is 5.75 Å². The van der Waals surface area contributed by atoms with E-state index in [0.717, 1.165) is 24.5 Å². The van der Waals surface area contributed by atoms with Crippen molar-refractivity contribution >= 4 is 5.91 Å². The third kappa shape index (κ3) is 3.28. The molecule has 6 heteroatoms. The molecule has 1 aliphatic carbocycles. The predicted molar refractivity (Wildman–Crippen MR) is 90.7 cm³/mol. The Kier molecular flexibility index (Phi) is 4.13. The number of carbonyl (C=O) groups excluding carboxylic acids is 1. The number of hydrogen-bond donors (Lipinski definition) is 1. The van der Waals surface area contributed by atoms with Crippen LogP contribution in [0.15, 0.2) is 42.5 Å². The summed E-state index contributed by atoms with van der Waals surface area (Å²) < 4.78 is 46.0. The van der Waals surface area contributed by atoms with Gasteiger partial charge in [-0.25, -0.2) is 0 Å². The first-order chi connectivity index (χ1) is 12.4. The molecule has 0 saturated heterocycles. The van der Waals surface area contributed by atoms with E-state index in [1.807, 2.05) is 6.07 Å². The summed E-state index contributed by atoms with van der Waals surface area (Å²) >= 11 is 0. The van der Waals surface area contributed by atoms with E-state index in [4.69, 9.17) is 4.74 Å². The molecule has 1 aliphatic heterocycles. The van der Waals surface area contributed by atoms with E-state index in [2.05, 4.69) is 5.32 Å². The molecule has 0 bridgehead atoms. The summed E-state index contributed by atoms with van der Waals surface area (Å²) in [6.45, 7) is 0.365. The average Bonchev–Trinajstić information content (AvgIpc) is 3.38. The Hall–Kier alpha value is -2.50. The van der Waals surface area contributed by atoms with Gasteiger partial charge in [-0.05, 0) is 30.0 Å². The Labute approximate surface area is 149 Å². The lowest BCUT2D eigenvalue weighted by atomic mass is 9.96. The summed E-state index contributed by atoms with van der Waals surface area (Å²) in [7, 11) is 0. The number of hydrogen-bond acceptors (Lipinski definition) is 2. The molecule has 2 aromatic rings. The number of carbonyl (C=O) groups is 1. The number of ether oxygens (including phenoxy) is 1. The van der Waals surface area contributed by atoms with Crippen LogP contribution in [-0.2, 0) is 17.4 Å². The molecule has 0 radical (unpaired) electrons. The fourth-order valence-corrected chi connectivity index (χ4v) is 3.33. The van der Waals surface area contributed by atoms with Crippen molar-refractivity contribution < 1.29 is 22.7 Å². The Morgan fingerprint density at radius 1 is 1.08 bits per heavy atom. The Balaban J connectivity index is 1.59. The van der Waals surface area contributed by atoms with E-state index in [-0.39, 0.29) is 23.5 Å². The van der Waals surface area contributed by atoms with Gasteiger partial charge in [0.2, 0.25) is 5.91 Å². The first kappa shape index (κ1) is 16.9. The standard InChI is InChI=1S/C20H18F3NO2/c21-20(22,23)17-7-2-1-5-15(17)16-6-3-4-13-10-14(26-18(13)16)11-24-19(25)12-8-9-12/h1-7,12,14H,8-11H2,(H,24,25). The first-order valence-electron chi connectivity index (χ1n) is 8.66. The SMILES string of the molecule is O=C(NCC1Cc2cccc(-c3ccccc3C(F)(F)F)c2O1)C1CC1. The highest BCUT2D eigenvalue weighted by Gasteiger charge is 2.35. The van der Waals surface area contributed by atoms with Crippen LogP contribution in [0.1, 0.15) is 24.0 Å². The molecular weight excluding hydrogens is 343 g/mol. The molecule has 136 valence electrons. The molecule has 2 aliphatic rings. The van der Waals surface area contributed by atoms with Gasteiger partial charge in [-0.1, -0.05) is 36.4 Å². The molecule has 0 aromatic heterocycles. The van der Waals surface area contributed by atoms with Gasteiger partial charge in [0.15, 0.2) is 0 Å². The minimum Gasteiger partial charge on any atom is -0.487 e. The minimum atomic E-state index is -4.43. The second kappa shape index (κ2) is 6.34. The molecule has 1 N–H and O–H groups in total. The van der Waals surface area contributed by atoms with E-state index in [9.17, 15) is 18.0 Å². The van der Waals surface area contributed by atoms with Gasteiger partial charge in [0.1, 0.15) is 11.9 Å². The number of alkyl halides is 3. The number of benzene rings is 2. The Morgan fingerprint density at radius 3 is 2.54 bits per heavy atom. The fraction of sp³-hybridized carbons (Fsp3) is 0.350. The highest BCUT2D eigenvalue weighted by molar-refractivity contribution is 5.81. The number of halogens is 3. The van der Waals surface area contributed by atoms with E-state index >= 15 is 0 Å². The topological polar surface area (TPSA) is 38.3 Å². The number of fused-ring (bicyclic) bond motifs is 1. The van der Waals surface area contributed by atoms with Gasteiger partial charge < -0.3 is 10.1 Å². The molecule has 1 unspecified atom stereocenters. The van der Waals surface area contributed by atoms with Crippen molar-refractivity contribution in [2.75, 3.05) is 6.54 Å². The summed E-state index contributed by atoms with van der Waals surface area (Å²) in [5.74, 6) is 0.634. The number of amides is 1. The zero-order chi connectivity index (χ0) is 18.3. The zero-order valence-corrected chi connectivity index (χ0v) is 14.0. The van der Waals surface area contributed by atoms with Crippen LogP contribution >= 0.6 is 0 Å². The minimum absolute atomic E-state index is 0.0344. The smallest absolute Gasteiger partial charge is 0.417 e. The van der Waals surface area contributed by atoms with Gasteiger partial charge in [-0.15, -0.1) is 0 Å². The third-order valence-corrected chi connectivity index (χ3v) is 4.80. The quantitative estimate of drug-likeness (QED) is 0.886. The molecule has 1 saturated carbocycles. The molecule has 26 heavy (non-hydrogen) atoms. The maximum atomic E-state index is 13.4. The van der Waals surface area contributed by atoms with Gasteiger partial charge in [-0.2, -0.15) is 13.2 Å². The molecule has 1 atom stereocenters. The van der Waals surface area contributed by atoms with E-state index in [1.165, 1.54) is 12.1 Å². The van der Waals surface area contributed by atoms with Gasteiger partial charge in [0.05, 0.1) is 12.1 Å². The summed E-state index contributed by atoms with van der Waals surface area (Å²) in [6, 6.07) is 10.8. The van der Waals surface area contributed by atoms with Gasteiger partial charge in [0.25, 0.3) is 0 Å². The molecule has 3 nitrogen and oxygen atoms in total. The lowest BCUT2D eigenvalue weighted by molar-refractivity contribution is -0.137. The Morgan fingerprint density at radius 2 is 1.81 bits per heavy atom. The fourth-order valence-electron chi connectivity index (χ4n) is 3.33. The largest absolute Gasteiger partial charge is 0.487 e. The highest BCUT2D eigenvalue weighted by Crippen LogP contribution is 2.43. The van der Waals surface area contributed by atoms with Crippen molar-refractivity contribution in [2.45, 2.75) is 31.5 Å². The summed E-state index contributed by atoms with van der Waals surface area (Å²) in [5.41, 5.74) is 0.735. The van der Waals surface area contributed by atoms with Crippen LogP contribution in [0.3, 0.4) is 0 Å². The molecule has 1 fully saturated rings. The normalized spacial score (nSPS) is 19.0. The third-order valence-electron chi connectivity index (χ3n) is 4.80. The van der Waals surface area contributed by atoms with Gasteiger partial charge in [0, 0.05) is 17.9 Å². The highest BCUT2D eigenvalue weighted by atomic mass is 19.4. The van der Waals surface area contributed by atoms with Crippen LogP contribution < -0.4 is 10.1 Å². The van der Waals surface area contributed by atoms with E-state index in [1.54, 1.807) is 18.2 Å². The van der Waals surface area contributed by atoms with Crippen LogP contribution in [0.4, 0.5) is 13.2 Å². The van der Waals surface area contributed by atoms with E-state index in [0.29, 0.717) is 24.3 Å².